The van der Waals surface area contributed by atoms with Crippen LogP contribution in [0.4, 0.5) is 5.82 Å². The zero-order valence-corrected chi connectivity index (χ0v) is 14.9. The lowest BCUT2D eigenvalue weighted by Gasteiger charge is -2.08. The Morgan fingerprint density at radius 2 is 1.75 bits per heavy atom. The van der Waals surface area contributed by atoms with E-state index in [1.54, 1.807) is 29.2 Å². The molecule has 0 aliphatic rings. The molecule has 0 saturated heterocycles. The van der Waals surface area contributed by atoms with Crippen LogP contribution in [0, 0.1) is 0 Å². The van der Waals surface area contributed by atoms with Crippen LogP contribution < -0.4 is 10.1 Å². The van der Waals surface area contributed by atoms with Crippen LogP contribution in [-0.2, 0) is 4.79 Å². The number of benzene rings is 2. The molecule has 0 bridgehead atoms. The first-order chi connectivity index (χ1) is 13.8. The standard InChI is InChI=1S/C21H17N5O2/c27-21(25-19-13-20(23-15-22-19)26-12-4-11-24-26)14-28-18-9-7-17(8-10-18)16-5-2-1-3-6-16/h1-13,15H,14H2,(H,22,23,25,27). The van der Waals surface area contributed by atoms with Gasteiger partial charge in [-0.05, 0) is 29.3 Å². The molecule has 2 heterocycles. The molecule has 1 amide bonds. The lowest BCUT2D eigenvalue weighted by atomic mass is 10.1. The van der Waals surface area contributed by atoms with Gasteiger partial charge >= 0.3 is 0 Å². The van der Waals surface area contributed by atoms with Gasteiger partial charge < -0.3 is 10.1 Å². The fraction of sp³-hybridized carbons (Fsp3) is 0.0476. The second-order valence-electron chi connectivity index (χ2n) is 5.94. The number of nitrogens with one attached hydrogen (secondary N) is 1. The molecule has 0 fully saturated rings. The van der Waals surface area contributed by atoms with Gasteiger partial charge in [-0.3, -0.25) is 4.79 Å². The number of ether oxygens (including phenoxy) is 1. The van der Waals surface area contributed by atoms with Gasteiger partial charge in [-0.2, -0.15) is 5.10 Å². The minimum absolute atomic E-state index is 0.119. The number of hydrogen-bond acceptors (Lipinski definition) is 5. The third-order valence-electron chi connectivity index (χ3n) is 3.99. The summed E-state index contributed by atoms with van der Waals surface area (Å²) in [5, 5.41) is 6.80. The van der Waals surface area contributed by atoms with Gasteiger partial charge in [0.1, 0.15) is 17.9 Å². The van der Waals surface area contributed by atoms with Crippen LogP contribution in [0.3, 0.4) is 0 Å². The van der Waals surface area contributed by atoms with E-state index in [-0.39, 0.29) is 12.5 Å². The van der Waals surface area contributed by atoms with Gasteiger partial charge in [0, 0.05) is 18.5 Å². The third kappa shape index (κ3) is 4.21. The molecule has 0 aliphatic heterocycles. The number of carbonyl (C=O) groups excluding carboxylic acids is 1. The first-order valence-electron chi connectivity index (χ1n) is 8.68. The first-order valence-corrected chi connectivity index (χ1v) is 8.68. The number of anilines is 1. The SMILES string of the molecule is O=C(COc1ccc(-c2ccccc2)cc1)Nc1cc(-n2cccn2)ncn1. The minimum Gasteiger partial charge on any atom is -0.484 e. The van der Waals surface area contributed by atoms with Crippen molar-refractivity contribution in [3.05, 3.63) is 85.5 Å². The van der Waals surface area contributed by atoms with Crippen LogP contribution >= 0.6 is 0 Å². The molecule has 138 valence electrons. The van der Waals surface area contributed by atoms with Crippen LogP contribution in [0.1, 0.15) is 0 Å². The Balaban J connectivity index is 1.34. The van der Waals surface area contributed by atoms with Crippen molar-refractivity contribution in [3.8, 4) is 22.7 Å². The highest BCUT2D eigenvalue weighted by atomic mass is 16.5. The fourth-order valence-electron chi connectivity index (χ4n) is 2.65. The quantitative estimate of drug-likeness (QED) is 0.562. The average Bonchev–Trinajstić information content (AvgIpc) is 3.29. The Morgan fingerprint density at radius 1 is 0.964 bits per heavy atom. The maximum Gasteiger partial charge on any atom is 0.263 e. The molecule has 1 N–H and O–H groups in total. The maximum absolute atomic E-state index is 12.2. The van der Waals surface area contributed by atoms with Crippen molar-refractivity contribution in [2.75, 3.05) is 11.9 Å². The van der Waals surface area contributed by atoms with Gasteiger partial charge in [0.15, 0.2) is 12.4 Å². The molecule has 7 heteroatoms. The Bertz CT molecular complexity index is 1050. The van der Waals surface area contributed by atoms with Crippen LogP contribution in [-0.4, -0.2) is 32.3 Å². The van der Waals surface area contributed by atoms with E-state index < -0.39 is 0 Å². The molecule has 0 unspecified atom stereocenters. The van der Waals surface area contributed by atoms with E-state index in [1.165, 1.54) is 6.33 Å². The second-order valence-corrected chi connectivity index (χ2v) is 5.94. The molecule has 7 nitrogen and oxygen atoms in total. The van der Waals surface area contributed by atoms with Gasteiger partial charge in [0.2, 0.25) is 0 Å². The van der Waals surface area contributed by atoms with E-state index in [4.69, 9.17) is 4.74 Å². The lowest BCUT2D eigenvalue weighted by Crippen LogP contribution is -2.21. The zero-order chi connectivity index (χ0) is 19.2. The predicted octanol–water partition coefficient (Wildman–Crippen LogP) is 3.35. The van der Waals surface area contributed by atoms with Crippen molar-refractivity contribution >= 4 is 11.7 Å². The van der Waals surface area contributed by atoms with Gasteiger partial charge in [-0.15, -0.1) is 0 Å². The molecule has 0 radical (unpaired) electrons. The Morgan fingerprint density at radius 3 is 2.50 bits per heavy atom. The van der Waals surface area contributed by atoms with E-state index in [0.717, 1.165) is 11.1 Å². The molecule has 0 atom stereocenters. The minimum atomic E-state index is -0.308. The summed E-state index contributed by atoms with van der Waals surface area (Å²) in [5.41, 5.74) is 2.22. The summed E-state index contributed by atoms with van der Waals surface area (Å²) < 4.78 is 7.15. The molecule has 0 saturated carbocycles. The van der Waals surface area contributed by atoms with Crippen molar-refractivity contribution in [2.24, 2.45) is 0 Å². The molecule has 0 spiro atoms. The molecule has 2 aromatic carbocycles. The van der Waals surface area contributed by atoms with E-state index in [1.807, 2.05) is 54.6 Å². The normalized spacial score (nSPS) is 10.4. The number of amides is 1. The number of nitrogens with zero attached hydrogens (tertiary/aromatic N) is 4. The monoisotopic (exact) mass is 371 g/mol. The molecular formula is C21H17N5O2. The smallest absolute Gasteiger partial charge is 0.263 e. The summed E-state index contributed by atoms with van der Waals surface area (Å²) in [5.74, 6) is 1.26. The van der Waals surface area contributed by atoms with E-state index in [2.05, 4.69) is 20.4 Å². The number of hydrogen-bond donors (Lipinski definition) is 1. The second kappa shape index (κ2) is 8.13. The predicted molar refractivity (Wildman–Crippen MR) is 105 cm³/mol. The van der Waals surface area contributed by atoms with Crippen molar-refractivity contribution in [3.63, 3.8) is 0 Å². The van der Waals surface area contributed by atoms with Crippen molar-refractivity contribution in [1.82, 2.24) is 19.7 Å². The van der Waals surface area contributed by atoms with Crippen molar-refractivity contribution < 1.29 is 9.53 Å². The van der Waals surface area contributed by atoms with E-state index in [9.17, 15) is 4.79 Å². The summed E-state index contributed by atoms with van der Waals surface area (Å²) >= 11 is 0. The molecule has 4 aromatic rings. The highest BCUT2D eigenvalue weighted by molar-refractivity contribution is 5.91. The Kier molecular flexibility index (Phi) is 5.06. The molecule has 4 rings (SSSR count). The molecule has 28 heavy (non-hydrogen) atoms. The number of aromatic nitrogens is 4. The number of carbonyl (C=O) groups is 1. The summed E-state index contributed by atoms with van der Waals surface area (Å²) in [4.78, 5) is 20.3. The van der Waals surface area contributed by atoms with Gasteiger partial charge in [-0.25, -0.2) is 14.6 Å². The van der Waals surface area contributed by atoms with Crippen LogP contribution in [0.2, 0.25) is 0 Å². The molecule has 0 aliphatic carbocycles. The lowest BCUT2D eigenvalue weighted by molar-refractivity contribution is -0.118. The zero-order valence-electron chi connectivity index (χ0n) is 14.9. The largest absolute Gasteiger partial charge is 0.484 e. The third-order valence-corrected chi connectivity index (χ3v) is 3.99. The topological polar surface area (TPSA) is 81.9 Å². The van der Waals surface area contributed by atoms with Crippen LogP contribution in [0.15, 0.2) is 85.5 Å². The fourth-order valence-corrected chi connectivity index (χ4v) is 2.65. The summed E-state index contributed by atoms with van der Waals surface area (Å²) in [6.07, 6.45) is 4.78. The number of rotatable bonds is 6. The highest BCUT2D eigenvalue weighted by Gasteiger charge is 2.07. The van der Waals surface area contributed by atoms with Crippen molar-refractivity contribution in [1.29, 1.82) is 0 Å². The van der Waals surface area contributed by atoms with Crippen LogP contribution in [0.5, 0.6) is 5.75 Å². The maximum atomic E-state index is 12.2. The van der Waals surface area contributed by atoms with Gasteiger partial charge in [-0.1, -0.05) is 42.5 Å². The van der Waals surface area contributed by atoms with Gasteiger partial charge in [0.25, 0.3) is 5.91 Å². The Hall–Kier alpha value is -4.00. The summed E-state index contributed by atoms with van der Waals surface area (Å²) in [6.45, 7) is -0.119. The van der Waals surface area contributed by atoms with Crippen LogP contribution in [0.25, 0.3) is 16.9 Å². The summed E-state index contributed by atoms with van der Waals surface area (Å²) in [7, 11) is 0. The molecular weight excluding hydrogens is 354 g/mol. The van der Waals surface area contributed by atoms with E-state index in [0.29, 0.717) is 17.4 Å². The van der Waals surface area contributed by atoms with E-state index >= 15 is 0 Å². The summed E-state index contributed by atoms with van der Waals surface area (Å²) in [6, 6.07) is 21.1. The average molecular weight is 371 g/mol. The van der Waals surface area contributed by atoms with Crippen molar-refractivity contribution in [2.45, 2.75) is 0 Å². The first kappa shape index (κ1) is 17.4. The highest BCUT2D eigenvalue weighted by Crippen LogP contribution is 2.22. The Labute approximate surface area is 161 Å². The molecule has 2 aromatic heterocycles. The van der Waals surface area contributed by atoms with Gasteiger partial charge in [0.05, 0.1) is 0 Å².